The van der Waals surface area contributed by atoms with Crippen molar-refractivity contribution in [1.82, 2.24) is 8.80 Å². The second-order valence-electron chi connectivity index (χ2n) is 21.0. The zero-order chi connectivity index (χ0) is 46.1. The average Bonchev–Trinajstić information content (AvgIpc) is 4.12. The van der Waals surface area contributed by atoms with Crippen molar-refractivity contribution >= 4 is 76.1 Å². The molecule has 2 aliphatic carbocycles. The highest BCUT2D eigenvalue weighted by Crippen LogP contribution is 2.61. The van der Waals surface area contributed by atoms with Crippen LogP contribution >= 0.6 is 0 Å². The van der Waals surface area contributed by atoms with Crippen LogP contribution in [-0.2, 0) is 0 Å². The van der Waals surface area contributed by atoms with Crippen molar-refractivity contribution in [3.8, 4) is 33.4 Å². The van der Waals surface area contributed by atoms with Crippen molar-refractivity contribution in [2.45, 2.75) is 71.1 Å². The Kier molecular flexibility index (Phi) is 7.96. The molecule has 2 aliphatic rings. The molecule has 0 saturated heterocycles. The van der Waals surface area contributed by atoms with Crippen LogP contribution in [0.2, 0.25) is 0 Å². The van der Waals surface area contributed by atoms with Crippen LogP contribution in [0.15, 0.2) is 187 Å². The van der Waals surface area contributed by atoms with E-state index in [4.69, 9.17) is 0 Å². The van der Waals surface area contributed by atoms with Crippen LogP contribution in [0.5, 0.6) is 0 Å². The predicted octanol–water partition coefficient (Wildman–Crippen LogP) is 18.5. The molecular weight excluding hydrogens is 833 g/mol. The van der Waals surface area contributed by atoms with Gasteiger partial charge in [-0.25, -0.2) is 0 Å². The molecule has 69 heavy (non-hydrogen) atoms. The fraction of sp³-hybridized carbons (Fsp3) is 0.164. The highest BCUT2D eigenvalue weighted by Gasteiger charge is 2.44. The number of rotatable bonds is 4. The van der Waals surface area contributed by atoms with Crippen molar-refractivity contribution in [3.63, 3.8) is 0 Å². The number of aromatic nitrogens is 2. The molecule has 0 aliphatic heterocycles. The van der Waals surface area contributed by atoms with Crippen LogP contribution in [-0.4, -0.2) is 8.80 Å². The third-order valence-electron chi connectivity index (χ3n) is 17.3. The number of hydrogen-bond acceptors (Lipinski definition) is 0. The summed E-state index contributed by atoms with van der Waals surface area (Å²) in [7, 11) is 0. The van der Waals surface area contributed by atoms with Gasteiger partial charge in [0.1, 0.15) is 0 Å². The van der Waals surface area contributed by atoms with Gasteiger partial charge in [-0.15, -0.1) is 0 Å². The Bertz CT molecular complexity index is 4330. The van der Waals surface area contributed by atoms with Gasteiger partial charge < -0.3 is 8.80 Å². The molecule has 15 rings (SSSR count). The zero-order valence-electron chi connectivity index (χ0n) is 40.0. The SMILES string of the molecule is CC(C)c1ccc(-c2ccc3c(c2)c2c4c(cc5c6ccccc6n3c52)C(C)C2=C(C4C)C(C)c3c(c4cc5ccccc5c5c6cc(-c7cccc(-c8ccccc8)c7)ccc6n3c45)C2C)cc1. The fourth-order valence-electron chi connectivity index (χ4n) is 14.2. The van der Waals surface area contributed by atoms with E-state index in [9.17, 15) is 0 Å². The number of benzene rings is 9. The normalized spacial score (nSPS) is 18.4. The lowest BCUT2D eigenvalue weighted by atomic mass is 9.61. The Morgan fingerprint density at radius 1 is 0.362 bits per heavy atom. The molecule has 2 heteroatoms. The molecule has 0 saturated carbocycles. The molecule has 0 amide bonds. The Morgan fingerprint density at radius 2 is 0.913 bits per heavy atom. The zero-order valence-corrected chi connectivity index (χ0v) is 40.0. The van der Waals surface area contributed by atoms with Gasteiger partial charge in [0.05, 0.1) is 27.6 Å². The maximum absolute atomic E-state index is 2.72. The number of fused-ring (bicyclic) bond motifs is 16. The molecule has 4 heterocycles. The predicted molar refractivity (Wildman–Crippen MR) is 293 cm³/mol. The molecular formula is C67H52N2. The highest BCUT2D eigenvalue weighted by atomic mass is 14.9. The first-order valence-electron chi connectivity index (χ1n) is 25.2. The molecule has 13 aromatic rings. The van der Waals surface area contributed by atoms with Crippen molar-refractivity contribution in [2.75, 3.05) is 0 Å². The smallest absolute Gasteiger partial charge is 0.0623 e. The van der Waals surface area contributed by atoms with E-state index >= 15 is 0 Å². The third-order valence-corrected chi connectivity index (χ3v) is 17.3. The lowest BCUT2D eigenvalue weighted by molar-refractivity contribution is 0.597. The number of hydrogen-bond donors (Lipinski definition) is 0. The minimum absolute atomic E-state index is 0.216. The fourth-order valence-corrected chi connectivity index (χ4v) is 14.2. The highest BCUT2D eigenvalue weighted by molar-refractivity contribution is 6.28. The van der Waals surface area contributed by atoms with Crippen LogP contribution < -0.4 is 0 Å². The van der Waals surface area contributed by atoms with Gasteiger partial charge in [-0.1, -0.05) is 180 Å². The van der Waals surface area contributed by atoms with Crippen molar-refractivity contribution in [2.24, 2.45) is 0 Å². The first-order valence-corrected chi connectivity index (χ1v) is 25.2. The molecule has 0 bridgehead atoms. The molecule has 4 aromatic heterocycles. The minimum Gasteiger partial charge on any atom is -0.311 e. The Morgan fingerprint density at radius 3 is 1.68 bits per heavy atom. The van der Waals surface area contributed by atoms with E-state index in [0.29, 0.717) is 5.92 Å². The third kappa shape index (κ3) is 5.11. The van der Waals surface area contributed by atoms with Crippen LogP contribution in [0.25, 0.3) is 109 Å². The summed E-state index contributed by atoms with van der Waals surface area (Å²) >= 11 is 0. The molecule has 4 atom stereocenters. The second-order valence-corrected chi connectivity index (χ2v) is 21.0. The van der Waals surface area contributed by atoms with Crippen molar-refractivity contribution in [3.05, 3.63) is 215 Å². The Balaban J connectivity index is 0.963. The van der Waals surface area contributed by atoms with Gasteiger partial charge in [0.15, 0.2) is 0 Å². The summed E-state index contributed by atoms with van der Waals surface area (Å²) in [6.45, 7) is 14.7. The Labute approximate surface area is 402 Å². The second kappa shape index (κ2) is 14.0. The number of allylic oxidation sites excluding steroid dienone is 2. The van der Waals surface area contributed by atoms with Crippen LogP contribution in [0, 0.1) is 0 Å². The van der Waals surface area contributed by atoms with E-state index in [1.54, 1.807) is 11.1 Å². The molecule has 9 aromatic carbocycles. The van der Waals surface area contributed by atoms with Gasteiger partial charge in [0.2, 0.25) is 0 Å². The van der Waals surface area contributed by atoms with Crippen LogP contribution in [0.4, 0.5) is 0 Å². The lowest BCUT2D eigenvalue weighted by Crippen LogP contribution is -2.27. The minimum atomic E-state index is 0.216. The first-order chi connectivity index (χ1) is 33.7. The van der Waals surface area contributed by atoms with E-state index in [1.165, 1.54) is 137 Å². The largest absolute Gasteiger partial charge is 0.311 e. The molecule has 330 valence electrons. The quantitative estimate of drug-likeness (QED) is 0.156. The van der Waals surface area contributed by atoms with E-state index in [1.807, 2.05) is 0 Å². The van der Waals surface area contributed by atoms with Crippen LogP contribution in [0.1, 0.15) is 99.1 Å². The lowest BCUT2D eigenvalue weighted by Gasteiger charge is -2.43. The van der Waals surface area contributed by atoms with Gasteiger partial charge in [0, 0.05) is 67.1 Å². The van der Waals surface area contributed by atoms with E-state index < -0.39 is 0 Å². The summed E-state index contributed by atoms with van der Waals surface area (Å²) in [6.07, 6.45) is 0. The van der Waals surface area contributed by atoms with Crippen molar-refractivity contribution < 1.29 is 0 Å². The molecule has 0 radical (unpaired) electrons. The summed E-state index contributed by atoms with van der Waals surface area (Å²) < 4.78 is 5.30. The molecule has 4 unspecified atom stereocenters. The average molecular weight is 885 g/mol. The van der Waals surface area contributed by atoms with E-state index in [2.05, 4.69) is 226 Å². The summed E-state index contributed by atoms with van der Waals surface area (Å²) in [5.74, 6) is 1.47. The summed E-state index contributed by atoms with van der Waals surface area (Å²) in [5, 5.41) is 12.3. The molecule has 2 nitrogen and oxygen atoms in total. The number of nitrogens with zero attached hydrogens (tertiary/aromatic N) is 2. The first kappa shape index (κ1) is 39.3. The molecule has 0 spiro atoms. The van der Waals surface area contributed by atoms with Crippen LogP contribution in [0.3, 0.4) is 0 Å². The van der Waals surface area contributed by atoms with Crippen molar-refractivity contribution in [1.29, 1.82) is 0 Å². The molecule has 0 fully saturated rings. The van der Waals surface area contributed by atoms with E-state index in [-0.39, 0.29) is 23.7 Å². The van der Waals surface area contributed by atoms with Gasteiger partial charge in [-0.3, -0.25) is 0 Å². The maximum Gasteiger partial charge on any atom is 0.0623 e. The summed E-state index contributed by atoms with van der Waals surface area (Å²) in [4.78, 5) is 0. The number of para-hydroxylation sites is 1. The monoisotopic (exact) mass is 884 g/mol. The van der Waals surface area contributed by atoms with Gasteiger partial charge >= 0.3 is 0 Å². The van der Waals surface area contributed by atoms with Gasteiger partial charge in [-0.05, 0) is 121 Å². The summed E-state index contributed by atoms with van der Waals surface area (Å²) in [6, 6.07) is 67.0. The topological polar surface area (TPSA) is 8.82 Å². The summed E-state index contributed by atoms with van der Waals surface area (Å²) in [5.41, 5.74) is 24.9. The standard InChI is InChI=1S/C67H52N2/c1-36(2)41-23-25-43(26-24-41)46-27-29-57-54(32-46)64-61-38(4)60-40(6)65-62(39(5)59(60)37(3)51(61)35-52-50-21-12-13-22-56(50)68(57)66(52)64)55-34-48-17-10-11-20-49(48)63-53-33-47(28-30-58(53)69(65)67(55)63)45-19-14-18-44(31-45)42-15-8-7-9-16-42/h7-40H,1-6H3. The maximum atomic E-state index is 2.72. The van der Waals surface area contributed by atoms with Gasteiger partial charge in [-0.2, -0.15) is 0 Å². The molecule has 0 N–H and O–H groups in total. The van der Waals surface area contributed by atoms with Gasteiger partial charge in [0.25, 0.3) is 0 Å². The Hall–Kier alpha value is -7.68. The van der Waals surface area contributed by atoms with E-state index in [0.717, 1.165) is 0 Å².